The standard InChI is InChI=1S/C25H34N2O4.2C23H29ClN2O.2C23H30N2O2.CH4/c1-25(2,3)27-12-10-20(11-13-27)26-24(28)18-9-7-8-17(14-18)19-15-21(29-4)23(31-6)22(16-19)30-5;1-16-12-19(15-20(24)13-16)17-6-5-7-18(14-17)22(27)25-21-8-10-26(11-9-21)23(2,3)4;1-16-14-18(8-9-21(16)24)17-6-5-7-19(15-17)22(27)25-20-10-12-26(13-11-20)23(2,3)4;1-23(2,3)25-13-11-20(12-14-25)24-22(26)19-9-5-7-17(15-19)18-8-6-10-21(16-18)27-4;1-23(2,3)25-14-12-20(13-15-25)24-22(26)19-7-5-6-18(16-19)17-8-10-21(27-4)11-9-17;/h7-9,14-16,20H,10-13H2,1-6H3,(H,26,28);5-7,12-15,21H,8-11H2,1-4H3,(H,25,27);5-9,14-15,20H,10-13H2,1-4H3,(H,25,27);5-10,15-16,20H,11-14H2,1-4H3,(H,24,26);5-11,16,20H,12-15H2,1-4H3,(H,24,26);1H4. The Bertz CT molecular complexity index is 5680. The quantitative estimate of drug-likeness (QED) is 0.0481. The highest BCUT2D eigenvalue weighted by atomic mass is 35.5. The third-order valence-electron chi connectivity index (χ3n) is 27.2. The summed E-state index contributed by atoms with van der Waals surface area (Å²) in [5.74, 6) is 3.35. The van der Waals surface area contributed by atoms with Crippen molar-refractivity contribution in [1.29, 1.82) is 0 Å². The summed E-state index contributed by atoms with van der Waals surface area (Å²) >= 11 is 12.3. The van der Waals surface area contributed by atoms with Crippen LogP contribution in [0, 0.1) is 13.8 Å². The SMILES string of the molecule is C.COc1cc(-c2cccc(C(=O)NC3CCN(C(C)(C)C)CC3)c2)cc(OC)c1OC.COc1ccc(-c2cccc(C(=O)NC3CCN(C(C)(C)C)CC3)c2)cc1.COc1cccc(-c2cccc(C(=O)NC3CCN(C(C)(C)C)CC3)c2)c1.Cc1cc(-c2cccc(C(=O)NC3CCN(C(C)(C)C)CC3)c2)ccc1Cl.Cc1cc(Cl)cc(-c2cccc(C(=O)NC3CCN(C(C)(C)C)CC3)c2)c1. The molecule has 10 aromatic carbocycles. The van der Waals surface area contributed by atoms with Crippen molar-refractivity contribution in [3.05, 3.63) is 267 Å². The minimum absolute atomic E-state index is 0. The fraction of sp³-hybridized carbons (Fsp3) is 0.449. The Hall–Kier alpha value is -11.1. The van der Waals surface area contributed by atoms with Gasteiger partial charge in [0.2, 0.25) is 5.75 Å². The Kier molecular flexibility index (Phi) is 40.0. The fourth-order valence-electron chi connectivity index (χ4n) is 18.6. The first-order chi connectivity index (χ1) is 65.9. The van der Waals surface area contributed by atoms with Crippen LogP contribution in [0.3, 0.4) is 0 Å². The Morgan fingerprint density at radius 2 is 0.529 bits per heavy atom. The molecular weight excluding hydrogens is 1790 g/mol. The molecule has 140 heavy (non-hydrogen) atoms. The molecule has 0 bridgehead atoms. The molecule has 22 heteroatoms. The second-order valence-corrected chi connectivity index (χ2v) is 43.1. The number of methoxy groups -OCH3 is 5. The number of benzene rings is 10. The molecule has 0 aromatic heterocycles. The number of carbonyl (C=O) groups excluding carboxylic acids is 5. The van der Waals surface area contributed by atoms with Crippen LogP contribution in [0.5, 0.6) is 28.7 Å². The maximum Gasteiger partial charge on any atom is 0.251 e. The van der Waals surface area contributed by atoms with E-state index in [-0.39, 0.29) is 94.9 Å². The zero-order chi connectivity index (χ0) is 101. The van der Waals surface area contributed by atoms with Gasteiger partial charge in [-0.2, -0.15) is 0 Å². The van der Waals surface area contributed by atoms with E-state index in [0.29, 0.717) is 50.1 Å². The van der Waals surface area contributed by atoms with Gasteiger partial charge in [0.25, 0.3) is 29.5 Å². The lowest BCUT2D eigenvalue weighted by Gasteiger charge is -2.41. The van der Waals surface area contributed by atoms with Crippen molar-refractivity contribution in [3.8, 4) is 84.4 Å². The van der Waals surface area contributed by atoms with Crippen LogP contribution in [0.2, 0.25) is 10.0 Å². The van der Waals surface area contributed by atoms with E-state index in [1.54, 1.807) is 35.5 Å². The highest BCUT2D eigenvalue weighted by molar-refractivity contribution is 6.31. The lowest BCUT2D eigenvalue weighted by Crippen LogP contribution is -2.50. The van der Waals surface area contributed by atoms with E-state index >= 15 is 0 Å². The number of rotatable bonds is 20. The van der Waals surface area contributed by atoms with Crippen molar-refractivity contribution in [3.63, 3.8) is 0 Å². The summed E-state index contributed by atoms with van der Waals surface area (Å²) in [4.78, 5) is 76.3. The monoisotopic (exact) mass is 1940 g/mol. The molecule has 0 spiro atoms. The molecule has 10 aromatic rings. The zero-order valence-corrected chi connectivity index (χ0v) is 87.9. The van der Waals surface area contributed by atoms with Crippen LogP contribution < -0.4 is 50.3 Å². The highest BCUT2D eigenvalue weighted by Crippen LogP contribution is 2.42. The molecule has 5 amide bonds. The Morgan fingerprint density at radius 3 is 0.793 bits per heavy atom. The van der Waals surface area contributed by atoms with Crippen LogP contribution in [-0.4, -0.2) is 213 Å². The van der Waals surface area contributed by atoms with Gasteiger partial charge in [0, 0.05) is 161 Å². The Balaban J connectivity index is 0.000000180. The number of ether oxygens (including phenoxy) is 5. The van der Waals surface area contributed by atoms with Gasteiger partial charge >= 0.3 is 0 Å². The molecule has 20 nitrogen and oxygen atoms in total. The fourth-order valence-corrected chi connectivity index (χ4v) is 19.0. The lowest BCUT2D eigenvalue weighted by molar-refractivity contribution is 0.0803. The number of nitrogens with zero attached hydrogens (tertiary/aromatic N) is 5. The summed E-state index contributed by atoms with van der Waals surface area (Å²) in [6, 6.07) is 71.5. The number of aryl methyl sites for hydroxylation is 2. The third-order valence-corrected chi connectivity index (χ3v) is 27.9. The van der Waals surface area contributed by atoms with Crippen molar-refractivity contribution < 1.29 is 47.7 Å². The number of amides is 5. The minimum Gasteiger partial charge on any atom is -0.497 e. The van der Waals surface area contributed by atoms with Gasteiger partial charge in [-0.05, 0) is 370 Å². The van der Waals surface area contributed by atoms with Crippen molar-refractivity contribution in [2.75, 3.05) is 101 Å². The van der Waals surface area contributed by atoms with E-state index in [2.05, 4.69) is 167 Å². The van der Waals surface area contributed by atoms with Gasteiger partial charge in [-0.25, -0.2) is 0 Å². The molecule has 5 fully saturated rings. The Morgan fingerprint density at radius 1 is 0.271 bits per heavy atom. The van der Waals surface area contributed by atoms with E-state index in [9.17, 15) is 24.0 Å². The lowest BCUT2D eigenvalue weighted by atomic mass is 9.97. The molecule has 5 saturated heterocycles. The first-order valence-electron chi connectivity index (χ1n) is 49.4. The third kappa shape index (κ3) is 32.2. The average molecular weight is 1950 g/mol. The minimum atomic E-state index is -0.0384. The van der Waals surface area contributed by atoms with Crippen LogP contribution in [-0.2, 0) is 0 Å². The van der Waals surface area contributed by atoms with Crippen LogP contribution in [0.15, 0.2) is 218 Å². The zero-order valence-electron chi connectivity index (χ0n) is 86.4. The van der Waals surface area contributed by atoms with Crippen molar-refractivity contribution >= 4 is 52.7 Å². The van der Waals surface area contributed by atoms with Crippen LogP contribution >= 0.6 is 23.2 Å². The Labute approximate surface area is 846 Å². The molecule has 752 valence electrons. The van der Waals surface area contributed by atoms with E-state index < -0.39 is 0 Å². The van der Waals surface area contributed by atoms with Crippen LogP contribution in [0.4, 0.5) is 0 Å². The molecule has 0 aliphatic carbocycles. The van der Waals surface area contributed by atoms with E-state index in [1.165, 1.54) is 0 Å². The predicted molar refractivity (Wildman–Crippen MR) is 577 cm³/mol. The maximum absolute atomic E-state index is 12.9. The normalized spacial score (nSPS) is 15.9. The molecule has 0 saturated carbocycles. The smallest absolute Gasteiger partial charge is 0.251 e. The molecule has 0 radical (unpaired) electrons. The van der Waals surface area contributed by atoms with Gasteiger partial charge in [0.1, 0.15) is 11.5 Å². The van der Waals surface area contributed by atoms with Crippen LogP contribution in [0.1, 0.15) is 238 Å². The number of carbonyl (C=O) groups is 5. The summed E-state index contributed by atoms with van der Waals surface area (Å²) < 4.78 is 26.8. The molecule has 5 aliphatic heterocycles. The first kappa shape index (κ1) is 111. The summed E-state index contributed by atoms with van der Waals surface area (Å²) in [5.41, 5.74) is 16.7. The second-order valence-electron chi connectivity index (χ2n) is 42.3. The molecule has 5 aliphatic rings. The van der Waals surface area contributed by atoms with E-state index in [0.717, 1.165) is 213 Å². The molecule has 5 heterocycles. The van der Waals surface area contributed by atoms with E-state index in [4.69, 9.17) is 46.9 Å². The predicted octanol–water partition coefficient (Wildman–Crippen LogP) is 24.3. The summed E-state index contributed by atoms with van der Waals surface area (Å²) in [5, 5.41) is 17.6. The first-order valence-corrected chi connectivity index (χ1v) is 50.1. The number of piperidine rings is 5. The highest BCUT2D eigenvalue weighted by Gasteiger charge is 2.34. The number of hydrogen-bond donors (Lipinski definition) is 5. The van der Waals surface area contributed by atoms with Gasteiger partial charge in [-0.3, -0.25) is 48.5 Å². The van der Waals surface area contributed by atoms with Gasteiger partial charge in [0.05, 0.1) is 35.5 Å². The number of likely N-dealkylation sites (tertiary alicyclic amines) is 5. The summed E-state index contributed by atoms with van der Waals surface area (Å²) in [7, 11) is 8.09. The van der Waals surface area contributed by atoms with Gasteiger partial charge in [-0.1, -0.05) is 128 Å². The van der Waals surface area contributed by atoms with Gasteiger partial charge in [0.15, 0.2) is 11.5 Å². The summed E-state index contributed by atoms with van der Waals surface area (Å²) in [6.07, 6.45) is 9.93. The summed E-state index contributed by atoms with van der Waals surface area (Å²) in [6.45, 7) is 47.9. The number of hydrogen-bond acceptors (Lipinski definition) is 15. The molecule has 0 unspecified atom stereocenters. The molecular formula is C118H156Cl2N10O10. The van der Waals surface area contributed by atoms with Gasteiger partial charge in [-0.15, -0.1) is 0 Å². The van der Waals surface area contributed by atoms with E-state index in [1.807, 2.05) is 220 Å². The van der Waals surface area contributed by atoms with Gasteiger partial charge < -0.3 is 50.3 Å². The largest absolute Gasteiger partial charge is 0.497 e. The van der Waals surface area contributed by atoms with Crippen molar-refractivity contribution in [2.24, 2.45) is 0 Å². The van der Waals surface area contributed by atoms with Crippen LogP contribution in [0.25, 0.3) is 55.6 Å². The number of halogens is 2. The number of nitrogens with one attached hydrogen (secondary N) is 5. The molecule has 0 atom stereocenters. The molecule has 15 rings (SSSR count). The van der Waals surface area contributed by atoms with Crippen molar-refractivity contribution in [2.45, 2.75) is 247 Å². The second kappa shape index (κ2) is 50.5. The average Bonchev–Trinajstić information content (AvgIpc) is 0.798. The topological polar surface area (TPSA) is 208 Å². The van der Waals surface area contributed by atoms with Crippen molar-refractivity contribution in [1.82, 2.24) is 51.1 Å². The molecule has 5 N–H and O–H groups in total. The maximum atomic E-state index is 12.9.